The van der Waals surface area contributed by atoms with Crippen molar-refractivity contribution in [3.05, 3.63) is 30.3 Å². The summed E-state index contributed by atoms with van der Waals surface area (Å²) in [6.45, 7) is 2.16. The summed E-state index contributed by atoms with van der Waals surface area (Å²) in [5.74, 6) is 0. The number of hydrogen-bond acceptors (Lipinski definition) is 2. The molecule has 1 unspecified atom stereocenters. The second kappa shape index (κ2) is 5.66. The Hall–Kier alpha value is -0.940. The van der Waals surface area contributed by atoms with Crippen LogP contribution < -0.4 is 0 Å². The molecule has 0 fully saturated rings. The van der Waals surface area contributed by atoms with E-state index in [-0.39, 0.29) is 0 Å². The Bertz CT molecular complexity index is 276. The van der Waals surface area contributed by atoms with Crippen molar-refractivity contribution < 1.29 is 0 Å². The first-order valence-electron chi connectivity index (χ1n) is 4.41. The smallest absolute Gasteiger partial charge is 0.0622 e. The number of rotatable bonds is 4. The van der Waals surface area contributed by atoms with Crippen molar-refractivity contribution in [1.82, 2.24) is 0 Å². The summed E-state index contributed by atoms with van der Waals surface area (Å²) < 4.78 is 0. The van der Waals surface area contributed by atoms with Gasteiger partial charge < -0.3 is 0 Å². The van der Waals surface area contributed by atoms with Gasteiger partial charge in [-0.2, -0.15) is 5.26 Å². The number of thioether (sulfide) groups is 1. The molecule has 1 atom stereocenters. The summed E-state index contributed by atoms with van der Waals surface area (Å²) in [4.78, 5) is 1.29. The highest BCUT2D eigenvalue weighted by Gasteiger charge is 2.02. The van der Waals surface area contributed by atoms with Crippen LogP contribution in [0.1, 0.15) is 19.8 Å². The van der Waals surface area contributed by atoms with E-state index in [1.165, 1.54) is 4.90 Å². The van der Waals surface area contributed by atoms with Crippen LogP contribution in [0.2, 0.25) is 0 Å². The molecule has 0 saturated carbocycles. The average Bonchev–Trinajstić information content (AvgIpc) is 2.16. The van der Waals surface area contributed by atoms with Gasteiger partial charge in [-0.1, -0.05) is 25.1 Å². The summed E-state index contributed by atoms with van der Waals surface area (Å²) in [6.07, 6.45) is 1.62. The highest BCUT2D eigenvalue weighted by molar-refractivity contribution is 7.99. The van der Waals surface area contributed by atoms with Crippen LogP contribution >= 0.6 is 11.8 Å². The van der Waals surface area contributed by atoms with Crippen LogP contribution in [0.25, 0.3) is 0 Å². The third kappa shape index (κ3) is 4.00. The SMILES string of the molecule is CC(CCC#N)Sc1ccccc1. The van der Waals surface area contributed by atoms with Crippen LogP contribution in [-0.4, -0.2) is 5.25 Å². The zero-order valence-electron chi connectivity index (χ0n) is 7.73. The molecule has 13 heavy (non-hydrogen) atoms. The molecule has 0 heterocycles. The summed E-state index contributed by atoms with van der Waals surface area (Å²) in [5.41, 5.74) is 0. The molecular weight excluding hydrogens is 178 g/mol. The molecular formula is C11H13NS. The molecule has 0 bridgehead atoms. The van der Waals surface area contributed by atoms with Crippen LogP contribution in [0, 0.1) is 11.3 Å². The molecule has 1 aromatic rings. The van der Waals surface area contributed by atoms with Gasteiger partial charge in [0.25, 0.3) is 0 Å². The van der Waals surface area contributed by atoms with Crippen molar-refractivity contribution in [2.75, 3.05) is 0 Å². The van der Waals surface area contributed by atoms with E-state index >= 15 is 0 Å². The zero-order valence-corrected chi connectivity index (χ0v) is 8.55. The van der Waals surface area contributed by atoms with Crippen LogP contribution in [0.15, 0.2) is 35.2 Å². The van der Waals surface area contributed by atoms with Gasteiger partial charge in [0.1, 0.15) is 0 Å². The van der Waals surface area contributed by atoms with Crippen LogP contribution in [-0.2, 0) is 0 Å². The van der Waals surface area contributed by atoms with E-state index in [9.17, 15) is 0 Å². The highest BCUT2D eigenvalue weighted by Crippen LogP contribution is 2.25. The minimum Gasteiger partial charge on any atom is -0.198 e. The Morgan fingerprint density at radius 2 is 2.08 bits per heavy atom. The summed E-state index contributed by atoms with van der Waals surface area (Å²) in [5, 5.41) is 8.95. The van der Waals surface area contributed by atoms with E-state index < -0.39 is 0 Å². The molecule has 0 amide bonds. The van der Waals surface area contributed by atoms with E-state index in [2.05, 4.69) is 25.1 Å². The van der Waals surface area contributed by atoms with Gasteiger partial charge in [0, 0.05) is 16.6 Å². The fraction of sp³-hybridized carbons (Fsp3) is 0.364. The monoisotopic (exact) mass is 191 g/mol. The van der Waals surface area contributed by atoms with Gasteiger partial charge in [0.2, 0.25) is 0 Å². The number of hydrogen-bond donors (Lipinski definition) is 0. The predicted octanol–water partition coefficient (Wildman–Crippen LogP) is 3.47. The molecule has 0 radical (unpaired) electrons. The highest BCUT2D eigenvalue weighted by atomic mass is 32.2. The third-order valence-corrected chi connectivity index (χ3v) is 2.93. The fourth-order valence-corrected chi connectivity index (χ4v) is 2.07. The third-order valence-electron chi connectivity index (χ3n) is 1.74. The predicted molar refractivity (Wildman–Crippen MR) is 56.6 cm³/mol. The first-order valence-corrected chi connectivity index (χ1v) is 5.29. The molecule has 0 spiro atoms. The van der Waals surface area contributed by atoms with Gasteiger partial charge in [0.15, 0.2) is 0 Å². The maximum Gasteiger partial charge on any atom is 0.0622 e. The van der Waals surface area contributed by atoms with Crippen molar-refractivity contribution >= 4 is 11.8 Å². The van der Waals surface area contributed by atoms with Crippen molar-refractivity contribution in [3.63, 3.8) is 0 Å². The Labute approximate surface area is 83.8 Å². The normalized spacial score (nSPS) is 12.0. The molecule has 0 aromatic heterocycles. The van der Waals surface area contributed by atoms with Crippen LogP contribution in [0.4, 0.5) is 0 Å². The number of nitrogens with zero attached hydrogens (tertiary/aromatic N) is 1. The Balaban J connectivity index is 2.37. The molecule has 1 aromatic carbocycles. The van der Waals surface area contributed by atoms with Crippen molar-refractivity contribution in [2.24, 2.45) is 0 Å². The van der Waals surface area contributed by atoms with E-state index in [0.717, 1.165) is 6.42 Å². The quantitative estimate of drug-likeness (QED) is 0.680. The fourth-order valence-electron chi connectivity index (χ4n) is 1.06. The lowest BCUT2D eigenvalue weighted by Crippen LogP contribution is -1.94. The van der Waals surface area contributed by atoms with Gasteiger partial charge in [-0.05, 0) is 18.6 Å². The topological polar surface area (TPSA) is 23.8 Å². The van der Waals surface area contributed by atoms with E-state index in [4.69, 9.17) is 5.26 Å². The lowest BCUT2D eigenvalue weighted by Gasteiger charge is -2.07. The van der Waals surface area contributed by atoms with Gasteiger partial charge in [0.05, 0.1) is 6.07 Å². The molecule has 0 saturated heterocycles. The van der Waals surface area contributed by atoms with Gasteiger partial charge in [-0.15, -0.1) is 11.8 Å². The van der Waals surface area contributed by atoms with E-state index in [0.29, 0.717) is 11.7 Å². The Kier molecular flexibility index (Phi) is 4.42. The van der Waals surface area contributed by atoms with E-state index in [1.807, 2.05) is 30.0 Å². The van der Waals surface area contributed by atoms with Gasteiger partial charge in [-0.25, -0.2) is 0 Å². The van der Waals surface area contributed by atoms with Gasteiger partial charge in [-0.3, -0.25) is 0 Å². The average molecular weight is 191 g/mol. The van der Waals surface area contributed by atoms with E-state index in [1.54, 1.807) is 0 Å². The largest absolute Gasteiger partial charge is 0.198 e. The zero-order chi connectivity index (χ0) is 9.52. The second-order valence-electron chi connectivity index (χ2n) is 2.94. The molecule has 1 nitrogen and oxygen atoms in total. The first-order chi connectivity index (χ1) is 6.33. The molecule has 1 rings (SSSR count). The molecule has 68 valence electrons. The molecule has 0 aliphatic rings. The van der Waals surface area contributed by atoms with Crippen molar-refractivity contribution in [1.29, 1.82) is 5.26 Å². The molecule has 2 heteroatoms. The van der Waals surface area contributed by atoms with Crippen molar-refractivity contribution in [3.8, 4) is 6.07 Å². The minimum atomic E-state index is 0.530. The number of nitriles is 1. The maximum absolute atomic E-state index is 8.42. The minimum absolute atomic E-state index is 0.530. The Morgan fingerprint density at radius 1 is 1.38 bits per heavy atom. The van der Waals surface area contributed by atoms with Crippen LogP contribution in [0.3, 0.4) is 0 Å². The van der Waals surface area contributed by atoms with Crippen molar-refractivity contribution in [2.45, 2.75) is 29.9 Å². The second-order valence-corrected chi connectivity index (χ2v) is 4.45. The Morgan fingerprint density at radius 3 is 2.69 bits per heavy atom. The maximum atomic E-state index is 8.42. The molecule has 0 N–H and O–H groups in total. The van der Waals surface area contributed by atoms with Gasteiger partial charge >= 0.3 is 0 Å². The number of benzene rings is 1. The summed E-state index contributed by atoms with van der Waals surface area (Å²) in [6, 6.07) is 12.5. The summed E-state index contributed by atoms with van der Waals surface area (Å²) in [7, 11) is 0. The lowest BCUT2D eigenvalue weighted by molar-refractivity contribution is 0.839. The first kappa shape index (κ1) is 10.1. The van der Waals surface area contributed by atoms with Crippen LogP contribution in [0.5, 0.6) is 0 Å². The summed E-state index contributed by atoms with van der Waals surface area (Å²) >= 11 is 1.83. The molecule has 0 aliphatic carbocycles. The molecule has 0 aliphatic heterocycles. The standard InChI is InChI=1S/C11H13NS/c1-10(6-5-9-12)13-11-7-3-2-4-8-11/h2-4,7-8,10H,5-6H2,1H3. The lowest BCUT2D eigenvalue weighted by atomic mass is 10.3.